The molecule has 1 amide bonds. The summed E-state index contributed by atoms with van der Waals surface area (Å²) in [5.41, 5.74) is 2.42. The SMILES string of the molecule is CCN(CC)Cc1ccc(CNC(=O)C(C)Sc2ccc(OC)cc2)cc1. The normalized spacial score (nSPS) is 12.0. The van der Waals surface area contributed by atoms with Gasteiger partial charge in [0, 0.05) is 18.0 Å². The predicted molar refractivity (Wildman–Crippen MR) is 113 cm³/mol. The second-order valence-corrected chi connectivity index (χ2v) is 7.85. The molecule has 5 heteroatoms. The lowest BCUT2D eigenvalue weighted by atomic mass is 10.1. The largest absolute Gasteiger partial charge is 0.497 e. The number of thioether (sulfide) groups is 1. The molecule has 1 unspecified atom stereocenters. The number of nitrogens with zero attached hydrogens (tertiary/aromatic N) is 1. The maximum absolute atomic E-state index is 12.4. The lowest BCUT2D eigenvalue weighted by molar-refractivity contribution is -0.120. The third kappa shape index (κ3) is 6.92. The number of hydrogen-bond acceptors (Lipinski definition) is 4. The Morgan fingerprint density at radius 1 is 1.04 bits per heavy atom. The zero-order chi connectivity index (χ0) is 19.6. The van der Waals surface area contributed by atoms with Crippen molar-refractivity contribution in [3.63, 3.8) is 0 Å². The van der Waals surface area contributed by atoms with Crippen LogP contribution in [0, 0.1) is 0 Å². The Balaban J connectivity index is 1.81. The van der Waals surface area contributed by atoms with Crippen molar-refractivity contribution in [1.82, 2.24) is 10.2 Å². The van der Waals surface area contributed by atoms with Gasteiger partial charge >= 0.3 is 0 Å². The zero-order valence-electron chi connectivity index (χ0n) is 16.7. The first-order chi connectivity index (χ1) is 13.0. The molecular weight excluding hydrogens is 356 g/mol. The Morgan fingerprint density at radius 3 is 2.19 bits per heavy atom. The van der Waals surface area contributed by atoms with Crippen LogP contribution in [0.5, 0.6) is 5.75 Å². The van der Waals surface area contributed by atoms with Crippen molar-refractivity contribution in [2.75, 3.05) is 20.2 Å². The maximum atomic E-state index is 12.4. The van der Waals surface area contributed by atoms with E-state index in [1.54, 1.807) is 18.9 Å². The van der Waals surface area contributed by atoms with Gasteiger partial charge in [0.05, 0.1) is 12.4 Å². The molecule has 0 radical (unpaired) electrons. The van der Waals surface area contributed by atoms with Crippen LogP contribution in [0.3, 0.4) is 0 Å². The highest BCUT2D eigenvalue weighted by molar-refractivity contribution is 8.00. The van der Waals surface area contributed by atoms with Gasteiger partial charge in [0.25, 0.3) is 0 Å². The molecule has 2 aromatic rings. The van der Waals surface area contributed by atoms with Gasteiger partial charge in [-0.3, -0.25) is 9.69 Å². The second kappa shape index (κ2) is 11.0. The summed E-state index contributed by atoms with van der Waals surface area (Å²) < 4.78 is 5.16. The molecule has 146 valence electrons. The van der Waals surface area contributed by atoms with Crippen molar-refractivity contribution in [2.45, 2.75) is 44.0 Å². The molecule has 2 aromatic carbocycles. The summed E-state index contributed by atoms with van der Waals surface area (Å²) in [7, 11) is 1.65. The molecular formula is C22H30N2O2S. The molecule has 1 N–H and O–H groups in total. The Hall–Kier alpha value is -1.98. The van der Waals surface area contributed by atoms with Crippen molar-refractivity contribution in [3.05, 3.63) is 59.7 Å². The Labute approximate surface area is 167 Å². The minimum atomic E-state index is -0.152. The number of nitrogens with one attached hydrogen (secondary N) is 1. The lowest BCUT2D eigenvalue weighted by Gasteiger charge is -2.18. The molecule has 0 spiro atoms. The minimum Gasteiger partial charge on any atom is -0.497 e. The number of carbonyl (C=O) groups is 1. The molecule has 0 heterocycles. The van der Waals surface area contributed by atoms with Gasteiger partial charge < -0.3 is 10.1 Å². The maximum Gasteiger partial charge on any atom is 0.233 e. The van der Waals surface area contributed by atoms with Crippen molar-refractivity contribution < 1.29 is 9.53 Å². The molecule has 0 aliphatic carbocycles. The average Bonchev–Trinajstić information content (AvgIpc) is 2.71. The number of carbonyl (C=O) groups excluding carboxylic acids is 1. The number of ether oxygens (including phenoxy) is 1. The quantitative estimate of drug-likeness (QED) is 0.617. The topological polar surface area (TPSA) is 41.6 Å². The summed E-state index contributed by atoms with van der Waals surface area (Å²) in [4.78, 5) is 15.8. The average molecular weight is 387 g/mol. The van der Waals surface area contributed by atoms with Crippen LogP contribution in [0.15, 0.2) is 53.4 Å². The van der Waals surface area contributed by atoms with E-state index in [0.29, 0.717) is 6.54 Å². The minimum absolute atomic E-state index is 0.0445. The second-order valence-electron chi connectivity index (χ2n) is 6.43. The van der Waals surface area contributed by atoms with E-state index in [-0.39, 0.29) is 11.2 Å². The van der Waals surface area contributed by atoms with Crippen molar-refractivity contribution in [3.8, 4) is 5.75 Å². The predicted octanol–water partition coefficient (Wildman–Crippen LogP) is 4.33. The molecule has 4 nitrogen and oxygen atoms in total. The molecule has 0 fully saturated rings. The van der Waals surface area contributed by atoms with E-state index in [9.17, 15) is 4.79 Å². The Kier molecular flexibility index (Phi) is 8.69. The number of rotatable bonds is 10. The van der Waals surface area contributed by atoms with Crippen LogP contribution in [-0.4, -0.2) is 36.3 Å². The zero-order valence-corrected chi connectivity index (χ0v) is 17.5. The van der Waals surface area contributed by atoms with Gasteiger partial charge in [0.2, 0.25) is 5.91 Å². The summed E-state index contributed by atoms with van der Waals surface area (Å²) in [6.07, 6.45) is 0. The lowest BCUT2D eigenvalue weighted by Crippen LogP contribution is -2.30. The number of benzene rings is 2. The van der Waals surface area contributed by atoms with Crippen LogP contribution >= 0.6 is 11.8 Å². The van der Waals surface area contributed by atoms with E-state index in [2.05, 4.69) is 48.3 Å². The van der Waals surface area contributed by atoms with Gasteiger partial charge in [-0.25, -0.2) is 0 Å². The van der Waals surface area contributed by atoms with Gasteiger partial charge in [-0.05, 0) is 55.4 Å². The van der Waals surface area contributed by atoms with Crippen LogP contribution in [-0.2, 0) is 17.9 Å². The Bertz CT molecular complexity index is 697. The molecule has 0 aliphatic rings. The highest BCUT2D eigenvalue weighted by atomic mass is 32.2. The van der Waals surface area contributed by atoms with Gasteiger partial charge in [0.1, 0.15) is 5.75 Å². The molecule has 0 saturated heterocycles. The Morgan fingerprint density at radius 2 is 1.63 bits per heavy atom. The molecule has 0 aliphatic heterocycles. The highest BCUT2D eigenvalue weighted by Crippen LogP contribution is 2.25. The van der Waals surface area contributed by atoms with Crippen molar-refractivity contribution >= 4 is 17.7 Å². The molecule has 27 heavy (non-hydrogen) atoms. The van der Waals surface area contributed by atoms with Crippen LogP contribution in [0.25, 0.3) is 0 Å². The number of hydrogen-bond donors (Lipinski definition) is 1. The molecule has 1 atom stereocenters. The number of methoxy groups -OCH3 is 1. The fourth-order valence-electron chi connectivity index (χ4n) is 2.71. The monoisotopic (exact) mass is 386 g/mol. The fraction of sp³-hybridized carbons (Fsp3) is 0.409. The summed E-state index contributed by atoms with van der Waals surface area (Å²) in [5.74, 6) is 0.865. The third-order valence-corrected chi connectivity index (χ3v) is 5.64. The first-order valence-corrected chi connectivity index (χ1v) is 10.3. The van der Waals surface area contributed by atoms with Gasteiger partial charge in [-0.2, -0.15) is 0 Å². The first kappa shape index (κ1) is 21.3. The van der Waals surface area contributed by atoms with E-state index >= 15 is 0 Å². The van der Waals surface area contributed by atoms with Crippen LogP contribution in [0.4, 0.5) is 0 Å². The van der Waals surface area contributed by atoms with E-state index in [1.165, 1.54) is 5.56 Å². The van der Waals surface area contributed by atoms with Crippen LogP contribution in [0.1, 0.15) is 31.9 Å². The molecule has 2 rings (SSSR count). The van der Waals surface area contributed by atoms with E-state index in [1.807, 2.05) is 31.2 Å². The van der Waals surface area contributed by atoms with E-state index in [4.69, 9.17) is 4.74 Å². The van der Waals surface area contributed by atoms with Crippen LogP contribution in [0.2, 0.25) is 0 Å². The summed E-state index contributed by atoms with van der Waals surface area (Å²) in [6.45, 7) is 9.91. The number of amides is 1. The van der Waals surface area contributed by atoms with Crippen molar-refractivity contribution in [1.29, 1.82) is 0 Å². The fourth-order valence-corrected chi connectivity index (χ4v) is 3.60. The van der Waals surface area contributed by atoms with Gasteiger partial charge in [-0.15, -0.1) is 11.8 Å². The van der Waals surface area contributed by atoms with Crippen molar-refractivity contribution in [2.24, 2.45) is 0 Å². The molecule has 0 saturated carbocycles. The standard InChI is InChI=1S/C22H30N2O2S/c1-5-24(6-2)16-19-9-7-18(8-10-19)15-23-22(25)17(3)27-21-13-11-20(26-4)12-14-21/h7-14,17H,5-6,15-16H2,1-4H3,(H,23,25). The van der Waals surface area contributed by atoms with Gasteiger partial charge in [0.15, 0.2) is 0 Å². The summed E-state index contributed by atoms with van der Waals surface area (Å²) in [6, 6.07) is 16.3. The first-order valence-electron chi connectivity index (χ1n) is 9.44. The third-order valence-electron chi connectivity index (χ3n) is 4.53. The van der Waals surface area contributed by atoms with E-state index < -0.39 is 0 Å². The molecule has 0 bridgehead atoms. The highest BCUT2D eigenvalue weighted by Gasteiger charge is 2.14. The summed E-state index contributed by atoms with van der Waals surface area (Å²) in [5, 5.41) is 2.88. The van der Waals surface area contributed by atoms with E-state index in [0.717, 1.165) is 35.8 Å². The smallest absolute Gasteiger partial charge is 0.233 e. The van der Waals surface area contributed by atoms with Gasteiger partial charge in [-0.1, -0.05) is 38.1 Å². The molecule has 0 aromatic heterocycles. The van der Waals surface area contributed by atoms with Crippen LogP contribution < -0.4 is 10.1 Å². The summed E-state index contributed by atoms with van der Waals surface area (Å²) >= 11 is 1.55.